The number of carbonyl (C=O) groups excluding carboxylic acids is 2. The van der Waals surface area contributed by atoms with Crippen molar-refractivity contribution < 1.29 is 58.6 Å². The van der Waals surface area contributed by atoms with E-state index in [9.17, 15) is 35.9 Å². The fourth-order valence-corrected chi connectivity index (χ4v) is 4.61. The maximum absolute atomic E-state index is 15.3. The zero-order valence-electron chi connectivity index (χ0n) is 24.6. The van der Waals surface area contributed by atoms with Crippen LogP contribution in [0.15, 0.2) is 40.8 Å². The number of rotatable bonds is 4. The maximum Gasteiger partial charge on any atom is 0.426 e. The number of carbonyl (C=O) groups is 2. The second-order valence-corrected chi connectivity index (χ2v) is 11.6. The molecule has 0 saturated carbocycles. The first-order valence-electron chi connectivity index (χ1n) is 13.8. The van der Waals surface area contributed by atoms with Crippen molar-refractivity contribution in [3.8, 4) is 11.6 Å². The zero-order chi connectivity index (χ0) is 34.1. The third-order valence-electron chi connectivity index (χ3n) is 6.69. The van der Waals surface area contributed by atoms with E-state index in [-0.39, 0.29) is 5.56 Å². The highest BCUT2D eigenvalue weighted by atomic mass is 19.4. The number of hydrogen-bond donors (Lipinski definition) is 1. The Morgan fingerprint density at radius 1 is 1.00 bits per heavy atom. The van der Waals surface area contributed by atoms with E-state index in [0.29, 0.717) is 6.07 Å². The van der Waals surface area contributed by atoms with Crippen molar-refractivity contribution in [2.75, 3.05) is 5.32 Å². The summed E-state index contributed by atoms with van der Waals surface area (Å²) in [7, 11) is 0. The Kier molecular flexibility index (Phi) is 9.48. The molecule has 4 rings (SSSR count). The highest BCUT2D eigenvalue weighted by Crippen LogP contribution is 2.50. The van der Waals surface area contributed by atoms with Gasteiger partial charge in [0.25, 0.3) is 17.7 Å². The van der Waals surface area contributed by atoms with Gasteiger partial charge in [-0.2, -0.15) is 26.3 Å². The maximum atomic E-state index is 15.3. The van der Waals surface area contributed by atoms with Gasteiger partial charge < -0.3 is 13.9 Å². The molecule has 0 unspecified atom stereocenters. The van der Waals surface area contributed by atoms with Gasteiger partial charge in [0, 0.05) is 12.8 Å². The largest absolute Gasteiger partial charge is 0.444 e. The first-order valence-corrected chi connectivity index (χ1v) is 13.8. The van der Waals surface area contributed by atoms with Gasteiger partial charge in [-0.05, 0) is 45.2 Å². The molecule has 1 atom stereocenters. The van der Waals surface area contributed by atoms with E-state index in [1.54, 1.807) is 6.07 Å². The molecule has 2 aromatic heterocycles. The normalized spacial score (nSPS) is 19.3. The second-order valence-electron chi connectivity index (χ2n) is 11.6. The molecule has 9 nitrogen and oxygen atoms in total. The molecule has 0 fully saturated rings. The lowest BCUT2D eigenvalue weighted by molar-refractivity contribution is -0.315. The molecule has 1 aliphatic rings. The van der Waals surface area contributed by atoms with Crippen LogP contribution in [0, 0.1) is 0 Å². The minimum atomic E-state index is -5.58. The summed E-state index contributed by atoms with van der Waals surface area (Å²) in [6, 6.07) is 7.65. The zero-order valence-corrected chi connectivity index (χ0v) is 24.6. The van der Waals surface area contributed by atoms with Crippen molar-refractivity contribution in [1.29, 1.82) is 0 Å². The monoisotopic (exact) mass is 664 g/mol. The summed E-state index contributed by atoms with van der Waals surface area (Å²) >= 11 is 0. The van der Waals surface area contributed by atoms with Gasteiger partial charge in [0.05, 0.1) is 24.3 Å². The summed E-state index contributed by atoms with van der Waals surface area (Å²) in [5.41, 5.74) is -9.32. The van der Waals surface area contributed by atoms with Crippen LogP contribution in [0.2, 0.25) is 0 Å². The molecular formula is C29H28F8N4O5. The third-order valence-corrected chi connectivity index (χ3v) is 6.69. The van der Waals surface area contributed by atoms with Crippen LogP contribution in [0.5, 0.6) is 0 Å². The number of amides is 1. The Bertz CT molecular complexity index is 1570. The second kappa shape index (κ2) is 12.6. The van der Waals surface area contributed by atoms with Crippen LogP contribution < -0.4 is 5.32 Å². The minimum absolute atomic E-state index is 0.185. The Balaban J connectivity index is 1.95. The first kappa shape index (κ1) is 34.7. The Hall–Kier alpha value is -4.15. The van der Waals surface area contributed by atoms with E-state index in [1.807, 2.05) is 5.32 Å². The van der Waals surface area contributed by atoms with Crippen LogP contribution >= 0.6 is 0 Å². The molecule has 0 radical (unpaired) electrons. The van der Waals surface area contributed by atoms with Crippen molar-refractivity contribution in [3.05, 3.63) is 59.1 Å². The standard InChI is InChI=1S/C29H28F8N4O5/c1-25(2,3)46-24(43)38-18-13-17(28(32,33)34)20-19(42)11-7-8-12-26(30,31)15-27(29(35,36)37,44-14-16-9-5-4-6-10-16)23-41-40-22(45-23)21(18)39-20/h4-6,9-10,13H,7-8,11-12,14-15H2,1-3H3,(H,38,43)/t27-/m1/s1. The van der Waals surface area contributed by atoms with Crippen LogP contribution in [0.3, 0.4) is 0 Å². The number of nitrogens with one attached hydrogen (secondary N) is 1. The number of hydrogen-bond acceptors (Lipinski definition) is 8. The summed E-state index contributed by atoms with van der Waals surface area (Å²) in [5.74, 6) is -7.81. The number of benzene rings is 1. The van der Waals surface area contributed by atoms with Gasteiger partial charge in [-0.15, -0.1) is 10.2 Å². The van der Waals surface area contributed by atoms with E-state index in [1.165, 1.54) is 45.0 Å². The van der Waals surface area contributed by atoms with Crippen molar-refractivity contribution in [2.24, 2.45) is 0 Å². The molecule has 1 aliphatic heterocycles. The van der Waals surface area contributed by atoms with Crippen LogP contribution in [0.4, 0.5) is 45.6 Å². The van der Waals surface area contributed by atoms with E-state index < -0.39 is 114 Å². The molecular weight excluding hydrogens is 636 g/mol. The number of Topliss-reactive ketones (excluding diaryl/α,β-unsaturated/α-hetero) is 1. The summed E-state index contributed by atoms with van der Waals surface area (Å²) in [6.07, 6.45) is -16.9. The fraction of sp³-hybridized carbons (Fsp3) is 0.483. The molecule has 1 amide bonds. The van der Waals surface area contributed by atoms with Gasteiger partial charge in [0.2, 0.25) is 5.60 Å². The van der Waals surface area contributed by atoms with Crippen molar-refractivity contribution in [3.63, 3.8) is 0 Å². The number of fused-ring (bicyclic) bond motifs is 5. The number of ketones is 1. The van der Waals surface area contributed by atoms with Gasteiger partial charge in [-0.3, -0.25) is 10.1 Å². The first-order chi connectivity index (χ1) is 21.2. The molecule has 250 valence electrons. The van der Waals surface area contributed by atoms with Gasteiger partial charge in [0.15, 0.2) is 11.5 Å². The summed E-state index contributed by atoms with van der Waals surface area (Å²) < 4.78 is 133. The highest BCUT2D eigenvalue weighted by molar-refractivity contribution is 5.98. The van der Waals surface area contributed by atoms with Gasteiger partial charge in [0.1, 0.15) is 11.3 Å². The van der Waals surface area contributed by atoms with E-state index in [0.717, 1.165) is 0 Å². The number of pyridine rings is 1. The molecule has 4 bridgehead atoms. The van der Waals surface area contributed by atoms with Gasteiger partial charge in [-0.1, -0.05) is 30.3 Å². The average molecular weight is 665 g/mol. The lowest BCUT2D eigenvalue weighted by atomic mass is 9.91. The molecule has 0 spiro atoms. The van der Waals surface area contributed by atoms with E-state index in [4.69, 9.17) is 13.9 Å². The summed E-state index contributed by atoms with van der Waals surface area (Å²) in [4.78, 5) is 29.2. The van der Waals surface area contributed by atoms with Crippen molar-refractivity contribution >= 4 is 17.6 Å². The van der Waals surface area contributed by atoms with Crippen LogP contribution in [0.1, 0.15) is 80.4 Å². The van der Waals surface area contributed by atoms with E-state index >= 15 is 8.78 Å². The number of alkyl halides is 8. The lowest BCUT2D eigenvalue weighted by Crippen LogP contribution is -2.49. The quantitative estimate of drug-likeness (QED) is 0.277. The van der Waals surface area contributed by atoms with E-state index in [2.05, 4.69) is 15.2 Å². The molecule has 0 saturated heterocycles. The SMILES string of the molecule is CC(C)(C)OC(=O)Nc1cc(C(F)(F)F)c2nc1-c1nnc(o1)[C@@](OCc1ccccc1)(C(F)(F)F)CC(F)(F)CCCCC2=O. The summed E-state index contributed by atoms with van der Waals surface area (Å²) in [5, 5.41) is 8.82. The number of anilines is 1. The van der Waals surface area contributed by atoms with Crippen LogP contribution in [-0.2, 0) is 27.9 Å². The van der Waals surface area contributed by atoms with Crippen LogP contribution in [0.25, 0.3) is 11.6 Å². The van der Waals surface area contributed by atoms with Crippen molar-refractivity contribution in [1.82, 2.24) is 15.2 Å². The number of halogens is 8. The molecule has 46 heavy (non-hydrogen) atoms. The molecule has 0 aliphatic carbocycles. The lowest BCUT2D eigenvalue weighted by Gasteiger charge is -2.35. The molecule has 1 aromatic carbocycles. The number of nitrogens with zero attached hydrogens (tertiary/aromatic N) is 3. The topological polar surface area (TPSA) is 116 Å². The number of aromatic nitrogens is 3. The smallest absolute Gasteiger partial charge is 0.426 e. The molecule has 3 heterocycles. The molecule has 1 N–H and O–H groups in total. The third kappa shape index (κ3) is 7.97. The highest BCUT2D eigenvalue weighted by Gasteiger charge is 2.65. The van der Waals surface area contributed by atoms with Gasteiger partial charge >= 0.3 is 18.4 Å². The predicted octanol–water partition coefficient (Wildman–Crippen LogP) is 8.25. The molecule has 3 aromatic rings. The molecule has 17 heteroatoms. The Morgan fingerprint density at radius 3 is 2.28 bits per heavy atom. The van der Waals surface area contributed by atoms with Crippen molar-refractivity contribution in [2.45, 2.75) is 89.0 Å². The Morgan fingerprint density at radius 2 is 1.67 bits per heavy atom. The van der Waals surface area contributed by atoms with Crippen LogP contribution in [-0.4, -0.2) is 44.8 Å². The average Bonchev–Trinajstić information content (AvgIpc) is 3.41. The number of ether oxygens (including phenoxy) is 2. The predicted molar refractivity (Wildman–Crippen MR) is 144 cm³/mol. The van der Waals surface area contributed by atoms with Gasteiger partial charge in [-0.25, -0.2) is 18.6 Å². The summed E-state index contributed by atoms with van der Waals surface area (Å²) in [6.45, 7) is 3.53. The Labute approximate surface area is 256 Å². The minimum Gasteiger partial charge on any atom is -0.444 e. The fourth-order valence-electron chi connectivity index (χ4n) is 4.61.